The van der Waals surface area contributed by atoms with E-state index in [1.54, 1.807) is 18.2 Å². The number of nitrogens with zero attached hydrogens (tertiary/aromatic N) is 2. The van der Waals surface area contributed by atoms with Crippen LogP contribution in [0.5, 0.6) is 11.5 Å². The lowest BCUT2D eigenvalue weighted by molar-refractivity contribution is -0.114. The summed E-state index contributed by atoms with van der Waals surface area (Å²) in [6, 6.07) is 5.40. The first kappa shape index (κ1) is 23.2. The lowest BCUT2D eigenvalue weighted by Crippen LogP contribution is -2.41. The number of unbranched alkanes of at least 4 members (excludes halogenated alkanes) is 1. The third-order valence-corrected chi connectivity index (χ3v) is 5.02. The molecule has 9 heteroatoms. The van der Waals surface area contributed by atoms with Crippen LogP contribution in [0, 0.1) is 5.92 Å². The van der Waals surface area contributed by atoms with E-state index in [1.165, 1.54) is 15.5 Å². The summed E-state index contributed by atoms with van der Waals surface area (Å²) in [5, 5.41) is 0. The van der Waals surface area contributed by atoms with Crippen LogP contribution in [-0.4, -0.2) is 35.2 Å². The summed E-state index contributed by atoms with van der Waals surface area (Å²) < 4.78 is 12.4. The fraction of sp³-hybridized carbons (Fsp3) is 0.435. The van der Waals surface area contributed by atoms with Gasteiger partial charge in [0, 0.05) is 19.2 Å². The molecule has 1 aliphatic rings. The molecule has 0 spiro atoms. The van der Waals surface area contributed by atoms with Gasteiger partial charge >= 0.3 is 5.69 Å². The molecule has 2 aromatic rings. The van der Waals surface area contributed by atoms with Crippen LogP contribution in [0.1, 0.15) is 39.2 Å². The molecule has 0 unspecified atom stereocenters. The summed E-state index contributed by atoms with van der Waals surface area (Å²) in [6.45, 7) is 7.46. The van der Waals surface area contributed by atoms with Crippen LogP contribution in [-0.2, 0) is 11.3 Å². The van der Waals surface area contributed by atoms with Gasteiger partial charge in [-0.2, -0.15) is 0 Å². The topological polar surface area (TPSA) is 120 Å². The fourth-order valence-electron chi connectivity index (χ4n) is 3.45. The normalized spacial score (nSPS) is 13.0. The predicted octanol–water partition coefficient (Wildman–Crippen LogP) is 2.39. The molecule has 1 aromatic carbocycles. The number of fused-ring (bicyclic) bond motifs is 1. The predicted molar refractivity (Wildman–Crippen MR) is 124 cm³/mol. The molecule has 1 amide bonds. The van der Waals surface area contributed by atoms with E-state index in [2.05, 4.69) is 4.98 Å². The number of H-pyrrole nitrogens is 1. The Labute approximate surface area is 186 Å². The monoisotopic (exact) mass is 442 g/mol. The molecule has 0 radical (unpaired) electrons. The van der Waals surface area contributed by atoms with E-state index in [1.807, 2.05) is 26.8 Å². The highest BCUT2D eigenvalue weighted by molar-refractivity contribution is 6.05. The van der Waals surface area contributed by atoms with Gasteiger partial charge in [-0.1, -0.05) is 33.3 Å². The number of benzene rings is 1. The number of ether oxygens (including phenoxy) is 2. The minimum absolute atomic E-state index is 0.00414. The molecule has 0 bridgehead atoms. The summed E-state index contributed by atoms with van der Waals surface area (Å²) in [7, 11) is 0. The molecular weight excluding hydrogens is 412 g/mol. The van der Waals surface area contributed by atoms with Gasteiger partial charge in [-0.3, -0.25) is 19.1 Å². The van der Waals surface area contributed by atoms with Crippen molar-refractivity contribution in [2.24, 2.45) is 5.92 Å². The number of hydrogen-bond acceptors (Lipinski definition) is 6. The molecule has 32 heavy (non-hydrogen) atoms. The highest BCUT2D eigenvalue weighted by Crippen LogP contribution is 2.31. The van der Waals surface area contributed by atoms with Gasteiger partial charge in [0.05, 0.1) is 0 Å². The molecule has 172 valence electrons. The molecule has 3 N–H and O–H groups in total. The van der Waals surface area contributed by atoms with Gasteiger partial charge in [0.15, 0.2) is 17.2 Å². The zero-order chi connectivity index (χ0) is 23.3. The minimum Gasteiger partial charge on any atom is -0.486 e. The highest BCUT2D eigenvalue weighted by atomic mass is 16.6. The summed E-state index contributed by atoms with van der Waals surface area (Å²) in [5.41, 5.74) is 5.71. The van der Waals surface area contributed by atoms with E-state index in [0.29, 0.717) is 44.2 Å². The zero-order valence-corrected chi connectivity index (χ0v) is 18.7. The van der Waals surface area contributed by atoms with Gasteiger partial charge in [-0.25, -0.2) is 4.79 Å². The highest BCUT2D eigenvalue weighted by Gasteiger charge is 2.23. The van der Waals surface area contributed by atoms with Gasteiger partial charge in [0.25, 0.3) is 11.5 Å². The van der Waals surface area contributed by atoms with E-state index >= 15 is 0 Å². The van der Waals surface area contributed by atoms with E-state index in [4.69, 9.17) is 15.2 Å². The Kier molecular flexibility index (Phi) is 7.40. The third-order valence-electron chi connectivity index (χ3n) is 5.02. The Morgan fingerprint density at radius 1 is 1.25 bits per heavy atom. The number of rotatable bonds is 8. The van der Waals surface area contributed by atoms with Crippen molar-refractivity contribution in [1.82, 2.24) is 9.55 Å². The smallest absolute Gasteiger partial charge is 0.330 e. The van der Waals surface area contributed by atoms with Crippen molar-refractivity contribution in [2.75, 3.05) is 30.4 Å². The number of amides is 1. The second-order valence-electron chi connectivity index (χ2n) is 8.08. The Morgan fingerprint density at radius 3 is 2.66 bits per heavy atom. The Morgan fingerprint density at radius 2 is 1.97 bits per heavy atom. The van der Waals surface area contributed by atoms with Gasteiger partial charge in [-0.05, 0) is 36.1 Å². The van der Waals surface area contributed by atoms with Crippen molar-refractivity contribution in [2.45, 2.75) is 40.2 Å². The second-order valence-corrected chi connectivity index (χ2v) is 8.08. The Balaban J connectivity index is 1.94. The number of carbonyl (C=O) groups excluding carboxylic acids is 1. The van der Waals surface area contributed by atoms with Crippen LogP contribution in [0.3, 0.4) is 0 Å². The molecule has 0 aliphatic carbocycles. The average molecular weight is 443 g/mol. The zero-order valence-electron chi connectivity index (χ0n) is 18.7. The standard InChI is InChI=1S/C23H30N4O5/c1-4-5-10-26(20-21(24)27(14-15(2)3)23(30)25-22(20)29)19(28)9-7-16-6-8-17-18(13-16)32-12-11-31-17/h6-9,13,15H,4-5,10-12,14,24H2,1-3H3,(H,25,29,30)/b9-7+. The van der Waals surface area contributed by atoms with Crippen LogP contribution in [0.25, 0.3) is 6.08 Å². The van der Waals surface area contributed by atoms with Crippen molar-refractivity contribution >= 4 is 23.5 Å². The lowest BCUT2D eigenvalue weighted by Gasteiger charge is -2.23. The molecule has 0 fully saturated rings. The maximum Gasteiger partial charge on any atom is 0.330 e. The van der Waals surface area contributed by atoms with Crippen molar-refractivity contribution in [3.8, 4) is 11.5 Å². The molecular formula is C23H30N4O5. The van der Waals surface area contributed by atoms with Crippen molar-refractivity contribution in [1.29, 1.82) is 0 Å². The summed E-state index contributed by atoms with van der Waals surface area (Å²) in [6.07, 6.45) is 4.52. The van der Waals surface area contributed by atoms with Gasteiger partial charge in [0.2, 0.25) is 0 Å². The molecule has 9 nitrogen and oxygen atoms in total. The average Bonchev–Trinajstić information content (AvgIpc) is 2.76. The minimum atomic E-state index is -0.676. The molecule has 1 aliphatic heterocycles. The van der Waals surface area contributed by atoms with E-state index in [9.17, 15) is 14.4 Å². The van der Waals surface area contributed by atoms with Crippen molar-refractivity contribution < 1.29 is 14.3 Å². The quantitative estimate of drug-likeness (QED) is 0.606. The summed E-state index contributed by atoms with van der Waals surface area (Å²) in [4.78, 5) is 41.7. The van der Waals surface area contributed by atoms with Gasteiger partial charge in [-0.15, -0.1) is 0 Å². The second kappa shape index (κ2) is 10.2. The number of nitrogens with two attached hydrogens (primary N) is 1. The first-order valence-electron chi connectivity index (χ1n) is 10.8. The number of nitrogens with one attached hydrogen (secondary N) is 1. The maximum atomic E-state index is 13.1. The molecule has 0 atom stereocenters. The third kappa shape index (κ3) is 5.22. The van der Waals surface area contributed by atoms with Crippen LogP contribution >= 0.6 is 0 Å². The van der Waals surface area contributed by atoms with E-state index in [-0.39, 0.29) is 17.4 Å². The Hall–Kier alpha value is -3.49. The SMILES string of the molecule is CCCCN(C(=O)/C=C/c1ccc2c(c1)OCCO2)c1c(N)n(CC(C)C)c(=O)[nH]c1=O. The fourth-order valence-corrected chi connectivity index (χ4v) is 3.45. The lowest BCUT2D eigenvalue weighted by atomic mass is 10.1. The largest absolute Gasteiger partial charge is 0.486 e. The molecule has 3 rings (SSSR count). The number of hydrogen-bond donors (Lipinski definition) is 2. The molecule has 0 saturated heterocycles. The van der Waals surface area contributed by atoms with Crippen molar-refractivity contribution in [3.63, 3.8) is 0 Å². The summed E-state index contributed by atoms with van der Waals surface area (Å²) >= 11 is 0. The number of aromatic nitrogens is 2. The van der Waals surface area contributed by atoms with Gasteiger partial charge < -0.3 is 20.1 Å². The molecule has 1 aromatic heterocycles. The first-order valence-corrected chi connectivity index (χ1v) is 10.8. The van der Waals surface area contributed by atoms with Crippen LogP contribution in [0.2, 0.25) is 0 Å². The molecule has 0 saturated carbocycles. The number of carbonyl (C=O) groups is 1. The van der Waals surface area contributed by atoms with Crippen LogP contribution in [0.15, 0.2) is 33.9 Å². The summed E-state index contributed by atoms with van der Waals surface area (Å²) in [5.74, 6) is 1.000. The molecule has 2 heterocycles. The van der Waals surface area contributed by atoms with Crippen LogP contribution in [0.4, 0.5) is 11.5 Å². The van der Waals surface area contributed by atoms with Crippen molar-refractivity contribution in [3.05, 3.63) is 50.7 Å². The van der Waals surface area contributed by atoms with E-state index < -0.39 is 17.2 Å². The number of nitrogen functional groups attached to an aromatic ring is 1. The number of aromatic amines is 1. The number of anilines is 2. The Bertz CT molecular complexity index is 1120. The van der Waals surface area contributed by atoms with Gasteiger partial charge in [0.1, 0.15) is 19.0 Å². The van der Waals surface area contributed by atoms with E-state index in [0.717, 1.165) is 12.0 Å². The maximum absolute atomic E-state index is 13.1. The first-order chi connectivity index (χ1) is 15.3. The van der Waals surface area contributed by atoms with Crippen LogP contribution < -0.4 is 31.4 Å².